The fourth-order valence-corrected chi connectivity index (χ4v) is 7.35. The molecule has 35 heavy (non-hydrogen) atoms. The Morgan fingerprint density at radius 1 is 0.571 bits per heavy atom. The van der Waals surface area contributed by atoms with Gasteiger partial charge in [0.2, 0.25) is 0 Å². The zero-order valence-corrected chi connectivity index (χ0v) is 23.2. The lowest BCUT2D eigenvalue weighted by Gasteiger charge is -2.30. The predicted molar refractivity (Wildman–Crippen MR) is 148 cm³/mol. The van der Waals surface area contributed by atoms with Crippen molar-refractivity contribution >= 4 is 0 Å². The van der Waals surface area contributed by atoms with E-state index in [4.69, 9.17) is 0 Å². The molecule has 2 aliphatic carbocycles. The second kappa shape index (κ2) is 9.83. The number of hydrogen-bond acceptors (Lipinski definition) is 2. The van der Waals surface area contributed by atoms with Crippen LogP contribution in [0, 0.1) is 0 Å². The highest BCUT2D eigenvalue weighted by atomic mass is 16.3. The van der Waals surface area contributed by atoms with Crippen molar-refractivity contribution in [2.75, 3.05) is 0 Å². The summed E-state index contributed by atoms with van der Waals surface area (Å²) in [4.78, 5) is 0. The van der Waals surface area contributed by atoms with Gasteiger partial charge >= 0.3 is 0 Å². The molecule has 2 N–H and O–H groups in total. The van der Waals surface area contributed by atoms with Crippen molar-refractivity contribution in [1.82, 2.24) is 0 Å². The minimum Gasteiger partial charge on any atom is -0.508 e. The van der Waals surface area contributed by atoms with Crippen molar-refractivity contribution in [3.05, 3.63) is 57.6 Å². The van der Waals surface area contributed by atoms with Crippen LogP contribution in [0.4, 0.5) is 0 Å². The average molecular weight is 477 g/mol. The first-order valence-corrected chi connectivity index (χ1v) is 14.3. The van der Waals surface area contributed by atoms with Gasteiger partial charge in [-0.15, -0.1) is 0 Å². The molecule has 0 heterocycles. The van der Waals surface area contributed by atoms with Crippen molar-refractivity contribution < 1.29 is 10.2 Å². The van der Waals surface area contributed by atoms with E-state index in [0.717, 1.165) is 49.7 Å². The molecule has 0 saturated carbocycles. The van der Waals surface area contributed by atoms with Crippen LogP contribution in [0.1, 0.15) is 139 Å². The van der Waals surface area contributed by atoms with Crippen molar-refractivity contribution in [2.24, 2.45) is 0 Å². The first kappa shape index (κ1) is 26.1. The molecule has 0 fully saturated rings. The highest BCUT2D eigenvalue weighted by Crippen LogP contribution is 2.64. The third kappa shape index (κ3) is 4.75. The number of benzene rings is 2. The molecule has 192 valence electrons. The van der Waals surface area contributed by atoms with Gasteiger partial charge in [0.25, 0.3) is 0 Å². The molecule has 0 aromatic heterocycles. The highest BCUT2D eigenvalue weighted by molar-refractivity contribution is 5.63. The number of hydrogen-bond donors (Lipinski definition) is 2. The summed E-state index contributed by atoms with van der Waals surface area (Å²) in [5.41, 5.74) is 7.51. The molecule has 0 saturated heterocycles. The standard InChI is InChI=1S/C33H48O2/c1-7-9-11-13-15-23-17-25-27(19-29(23)34)33(21-31(25,3)4)22-32(5,6)26-18-24(16-14-12-10-8-2)30(35)20-28(26)33/h17-20,34-35H,7-16,21-22H2,1-6H3. The number of aromatic hydroxyl groups is 2. The van der Waals surface area contributed by atoms with Crippen molar-refractivity contribution in [3.8, 4) is 11.5 Å². The molecule has 0 unspecified atom stereocenters. The SMILES string of the molecule is CCCCCCc1cc2c(cc1O)C1(CC2(C)C)CC(C)(C)c2cc(CCCCCC)c(O)cc21. The Bertz CT molecular complexity index is 974. The molecular formula is C33H48O2. The van der Waals surface area contributed by atoms with Crippen LogP contribution in [0.2, 0.25) is 0 Å². The predicted octanol–water partition coefficient (Wildman–Crippen LogP) is 8.99. The zero-order valence-electron chi connectivity index (χ0n) is 23.2. The Hall–Kier alpha value is -1.96. The van der Waals surface area contributed by atoms with Crippen LogP contribution in [-0.4, -0.2) is 10.2 Å². The molecule has 1 spiro atoms. The van der Waals surface area contributed by atoms with Crippen LogP contribution in [0.3, 0.4) is 0 Å². The first-order valence-electron chi connectivity index (χ1n) is 14.3. The van der Waals surface area contributed by atoms with E-state index in [1.807, 2.05) is 0 Å². The van der Waals surface area contributed by atoms with Crippen LogP contribution in [0.25, 0.3) is 0 Å². The third-order valence-electron chi connectivity index (χ3n) is 9.01. The number of phenolic OH excluding ortho intramolecular Hbond substituents is 2. The van der Waals surface area contributed by atoms with E-state index in [9.17, 15) is 10.2 Å². The van der Waals surface area contributed by atoms with Crippen LogP contribution >= 0.6 is 0 Å². The van der Waals surface area contributed by atoms with Gasteiger partial charge in [-0.25, -0.2) is 0 Å². The maximum absolute atomic E-state index is 11.1. The van der Waals surface area contributed by atoms with E-state index in [1.165, 1.54) is 60.8 Å². The smallest absolute Gasteiger partial charge is 0.119 e. The second-order valence-electron chi connectivity index (χ2n) is 12.9. The molecule has 0 radical (unpaired) electrons. The maximum atomic E-state index is 11.1. The van der Waals surface area contributed by atoms with E-state index in [0.29, 0.717) is 11.5 Å². The molecule has 2 heteroatoms. The Balaban J connectivity index is 1.74. The monoisotopic (exact) mass is 476 g/mol. The van der Waals surface area contributed by atoms with Gasteiger partial charge in [-0.3, -0.25) is 0 Å². The average Bonchev–Trinajstić information content (AvgIpc) is 3.13. The van der Waals surface area contributed by atoms with E-state index < -0.39 is 0 Å². The van der Waals surface area contributed by atoms with Crippen molar-refractivity contribution in [1.29, 1.82) is 0 Å². The van der Waals surface area contributed by atoms with Crippen LogP contribution < -0.4 is 0 Å². The molecule has 2 aliphatic rings. The number of rotatable bonds is 10. The van der Waals surface area contributed by atoms with E-state index in [2.05, 4.69) is 65.8 Å². The lowest BCUT2D eigenvalue weighted by Crippen LogP contribution is -2.26. The molecule has 0 aliphatic heterocycles. The summed E-state index contributed by atoms with van der Waals surface area (Å²) in [7, 11) is 0. The molecule has 0 amide bonds. The summed E-state index contributed by atoms with van der Waals surface area (Å²) < 4.78 is 0. The minimum absolute atomic E-state index is 0.0351. The first-order chi connectivity index (χ1) is 16.6. The molecular weight excluding hydrogens is 428 g/mol. The topological polar surface area (TPSA) is 40.5 Å². The van der Waals surface area contributed by atoms with Gasteiger partial charge < -0.3 is 10.2 Å². The number of phenols is 2. The normalized spacial score (nSPS) is 18.7. The summed E-state index contributed by atoms with van der Waals surface area (Å²) in [6.45, 7) is 13.9. The van der Waals surface area contributed by atoms with Gasteiger partial charge in [0.1, 0.15) is 11.5 Å². The second-order valence-corrected chi connectivity index (χ2v) is 12.9. The van der Waals surface area contributed by atoms with Gasteiger partial charge in [-0.05, 0) is 94.9 Å². The Kier molecular flexibility index (Phi) is 7.33. The van der Waals surface area contributed by atoms with E-state index in [1.54, 1.807) is 0 Å². The summed E-state index contributed by atoms with van der Waals surface area (Å²) in [5, 5.41) is 22.2. The van der Waals surface area contributed by atoms with Gasteiger partial charge in [0.15, 0.2) is 0 Å². The molecule has 0 bridgehead atoms. The third-order valence-corrected chi connectivity index (χ3v) is 9.01. The summed E-state index contributed by atoms with van der Waals surface area (Å²) in [6.07, 6.45) is 13.7. The fraction of sp³-hybridized carbons (Fsp3) is 0.636. The quantitative estimate of drug-likeness (QED) is 0.336. The molecule has 2 aromatic rings. The zero-order chi connectivity index (χ0) is 25.4. The van der Waals surface area contributed by atoms with Crippen LogP contribution in [-0.2, 0) is 29.1 Å². The Labute approximate surface area is 214 Å². The molecule has 2 aromatic carbocycles. The lowest BCUT2D eigenvalue weighted by molar-refractivity contribution is 0.348. The van der Waals surface area contributed by atoms with Crippen molar-refractivity contribution in [2.45, 2.75) is 135 Å². The van der Waals surface area contributed by atoms with Crippen molar-refractivity contribution in [3.63, 3.8) is 0 Å². The number of fused-ring (bicyclic) bond motifs is 4. The fourth-order valence-electron chi connectivity index (χ4n) is 7.35. The maximum Gasteiger partial charge on any atom is 0.119 e. The van der Waals surface area contributed by atoms with Gasteiger partial charge in [-0.2, -0.15) is 0 Å². The lowest BCUT2D eigenvalue weighted by atomic mass is 9.72. The molecule has 0 atom stereocenters. The minimum atomic E-state index is -0.145. The summed E-state index contributed by atoms with van der Waals surface area (Å²) in [5.74, 6) is 0.917. The molecule has 2 nitrogen and oxygen atoms in total. The van der Waals surface area contributed by atoms with Gasteiger partial charge in [-0.1, -0.05) is 92.2 Å². The Morgan fingerprint density at radius 3 is 1.34 bits per heavy atom. The van der Waals surface area contributed by atoms with Gasteiger partial charge in [0.05, 0.1) is 0 Å². The summed E-state index contributed by atoms with van der Waals surface area (Å²) >= 11 is 0. The van der Waals surface area contributed by atoms with E-state index >= 15 is 0 Å². The molecule has 4 rings (SSSR count). The van der Waals surface area contributed by atoms with Gasteiger partial charge in [0, 0.05) is 5.41 Å². The summed E-state index contributed by atoms with van der Waals surface area (Å²) in [6, 6.07) is 8.83. The Morgan fingerprint density at radius 2 is 0.971 bits per heavy atom. The van der Waals surface area contributed by atoms with Crippen LogP contribution in [0.5, 0.6) is 11.5 Å². The van der Waals surface area contributed by atoms with E-state index in [-0.39, 0.29) is 16.2 Å². The van der Waals surface area contributed by atoms with Crippen LogP contribution in [0.15, 0.2) is 24.3 Å². The largest absolute Gasteiger partial charge is 0.508 e. The highest BCUT2D eigenvalue weighted by Gasteiger charge is 2.56. The number of aryl methyl sites for hydroxylation is 2. The number of unbranched alkanes of at least 4 members (excludes halogenated alkanes) is 6.